The van der Waals surface area contributed by atoms with Crippen LogP contribution in [-0.2, 0) is 15.1 Å². The molecule has 1 saturated heterocycles. The van der Waals surface area contributed by atoms with E-state index in [2.05, 4.69) is 12.2 Å². The van der Waals surface area contributed by atoms with Gasteiger partial charge in [0.05, 0.1) is 25.4 Å². The van der Waals surface area contributed by atoms with Crippen LogP contribution in [0.2, 0.25) is 0 Å². The van der Waals surface area contributed by atoms with Gasteiger partial charge in [0.1, 0.15) is 17.4 Å². The normalized spacial score (nSPS) is 25.9. The van der Waals surface area contributed by atoms with E-state index in [9.17, 15) is 4.79 Å². The summed E-state index contributed by atoms with van der Waals surface area (Å²) >= 11 is 6.33. The maximum absolute atomic E-state index is 12.2. The highest BCUT2D eigenvalue weighted by molar-refractivity contribution is 6.33. The molecule has 5 nitrogen and oxygen atoms in total. The first-order valence-corrected chi connectivity index (χ1v) is 8.43. The quantitative estimate of drug-likeness (QED) is 0.832. The topological polar surface area (TPSA) is 71.3 Å². The lowest BCUT2D eigenvalue weighted by Crippen LogP contribution is -2.54. The number of halogens is 1. The molecule has 2 aliphatic heterocycles. The number of unbranched alkanes of at least 4 members (excludes halogenated alkanes) is 1. The van der Waals surface area contributed by atoms with E-state index < -0.39 is 11.4 Å². The van der Waals surface area contributed by atoms with E-state index in [4.69, 9.17) is 26.3 Å². The Kier molecular flexibility index (Phi) is 4.79. The Morgan fingerprint density at radius 3 is 2.88 bits per heavy atom. The molecule has 1 N–H and O–H groups in total. The van der Waals surface area contributed by atoms with Gasteiger partial charge in [-0.05, 0) is 24.1 Å². The summed E-state index contributed by atoms with van der Waals surface area (Å²) in [4.78, 5) is 12.2. The second-order valence-corrected chi connectivity index (χ2v) is 6.46. The molecule has 0 spiro atoms. The van der Waals surface area contributed by atoms with Crippen LogP contribution in [0.4, 0.5) is 0 Å². The van der Waals surface area contributed by atoms with Crippen LogP contribution >= 0.6 is 11.6 Å². The summed E-state index contributed by atoms with van der Waals surface area (Å²) in [6, 6.07) is 9.50. The van der Waals surface area contributed by atoms with Crippen LogP contribution in [0.3, 0.4) is 0 Å². The van der Waals surface area contributed by atoms with Crippen LogP contribution in [0.1, 0.15) is 25.3 Å². The van der Waals surface area contributed by atoms with E-state index in [0.29, 0.717) is 19.8 Å². The molecule has 0 radical (unpaired) electrons. The van der Waals surface area contributed by atoms with Crippen molar-refractivity contribution >= 4 is 17.5 Å². The number of nitriles is 1. The number of ether oxygens (including phenoxy) is 2. The fraction of sp³-hybridized carbons (Fsp3) is 0.444. The van der Waals surface area contributed by atoms with Crippen LogP contribution < -0.4 is 10.1 Å². The minimum absolute atomic E-state index is 0.0256. The lowest BCUT2D eigenvalue weighted by atomic mass is 9.77. The van der Waals surface area contributed by atoms with Gasteiger partial charge in [0.15, 0.2) is 0 Å². The highest BCUT2D eigenvalue weighted by Crippen LogP contribution is 2.45. The van der Waals surface area contributed by atoms with Crippen molar-refractivity contribution in [1.29, 1.82) is 5.26 Å². The number of nitrogens with zero attached hydrogens (tertiary/aromatic N) is 1. The minimum atomic E-state index is -0.726. The monoisotopic (exact) mass is 346 g/mol. The van der Waals surface area contributed by atoms with Crippen LogP contribution in [0, 0.1) is 17.2 Å². The molecule has 1 fully saturated rings. The number of amides is 1. The van der Waals surface area contributed by atoms with Gasteiger partial charge in [0, 0.05) is 11.0 Å². The Bertz CT molecular complexity index is 708. The first-order valence-electron chi connectivity index (χ1n) is 8.05. The van der Waals surface area contributed by atoms with Gasteiger partial charge in [-0.3, -0.25) is 4.79 Å². The average molecular weight is 347 g/mol. The molecule has 3 rings (SSSR count). The SMILES string of the molecule is CCCCOc1ccc(C23COC[C@H]2C(Cl)=C(C#N)C(=O)N3)cc1. The Balaban J connectivity index is 1.89. The molecule has 0 saturated carbocycles. The molecule has 6 heteroatoms. The number of benzene rings is 1. The zero-order chi connectivity index (χ0) is 17.2. The fourth-order valence-electron chi connectivity index (χ4n) is 3.18. The van der Waals surface area contributed by atoms with Gasteiger partial charge in [-0.25, -0.2) is 0 Å². The van der Waals surface area contributed by atoms with Crippen LogP contribution in [-0.4, -0.2) is 25.7 Å². The van der Waals surface area contributed by atoms with Crippen molar-refractivity contribution in [2.45, 2.75) is 25.3 Å². The van der Waals surface area contributed by atoms with Crippen molar-refractivity contribution in [3.8, 4) is 11.8 Å². The molecule has 2 aliphatic rings. The highest BCUT2D eigenvalue weighted by atomic mass is 35.5. The molecule has 126 valence electrons. The zero-order valence-electron chi connectivity index (χ0n) is 13.5. The number of fused-ring (bicyclic) bond motifs is 1. The summed E-state index contributed by atoms with van der Waals surface area (Å²) in [5, 5.41) is 12.4. The second kappa shape index (κ2) is 6.84. The lowest BCUT2D eigenvalue weighted by Gasteiger charge is -2.38. The average Bonchev–Trinajstić information content (AvgIpc) is 3.01. The molecule has 1 aromatic carbocycles. The number of carbonyl (C=O) groups is 1. The standard InChI is InChI=1S/C18H19ClN2O3/c1-2-3-8-24-13-6-4-12(5-7-13)18-11-23-10-15(18)16(19)14(9-20)17(22)21-18/h4-7,15H,2-3,8,10-11H2,1H3,(H,21,22)/t15-,18?/m0/s1. The first-order chi connectivity index (χ1) is 11.6. The number of nitrogens with one attached hydrogen (secondary N) is 1. The molecule has 24 heavy (non-hydrogen) atoms. The molecule has 2 heterocycles. The largest absolute Gasteiger partial charge is 0.494 e. The van der Waals surface area contributed by atoms with E-state index in [1.54, 1.807) is 0 Å². The molecule has 2 atom stereocenters. The molecule has 0 aliphatic carbocycles. The highest BCUT2D eigenvalue weighted by Gasteiger charge is 2.52. The molecule has 1 unspecified atom stereocenters. The lowest BCUT2D eigenvalue weighted by molar-refractivity contribution is -0.120. The minimum Gasteiger partial charge on any atom is -0.494 e. The summed E-state index contributed by atoms with van der Waals surface area (Å²) in [6.45, 7) is 3.50. The van der Waals surface area contributed by atoms with Crippen LogP contribution in [0.25, 0.3) is 0 Å². The van der Waals surface area contributed by atoms with Crippen molar-refractivity contribution < 1.29 is 14.3 Å². The predicted molar refractivity (Wildman–Crippen MR) is 89.5 cm³/mol. The third-order valence-corrected chi connectivity index (χ3v) is 5.02. The number of rotatable bonds is 5. The molecule has 1 amide bonds. The Labute approximate surface area is 146 Å². The molecular weight excluding hydrogens is 328 g/mol. The van der Waals surface area contributed by atoms with Crippen LogP contribution in [0.5, 0.6) is 5.75 Å². The Hall–Kier alpha value is -2.03. The van der Waals surface area contributed by atoms with E-state index in [0.717, 1.165) is 24.2 Å². The summed E-state index contributed by atoms with van der Waals surface area (Å²) in [7, 11) is 0. The number of hydrogen-bond donors (Lipinski definition) is 1. The predicted octanol–water partition coefficient (Wildman–Crippen LogP) is 2.85. The van der Waals surface area contributed by atoms with Crippen molar-refractivity contribution in [3.05, 3.63) is 40.4 Å². The summed E-state index contributed by atoms with van der Waals surface area (Å²) in [5.41, 5.74) is 0.148. The maximum Gasteiger partial charge on any atom is 0.263 e. The second-order valence-electron chi connectivity index (χ2n) is 6.05. The molecule has 0 bridgehead atoms. The maximum atomic E-state index is 12.2. The molecular formula is C18H19ClN2O3. The van der Waals surface area contributed by atoms with E-state index in [-0.39, 0.29) is 16.5 Å². The number of carbonyl (C=O) groups excluding carboxylic acids is 1. The van der Waals surface area contributed by atoms with E-state index in [1.165, 1.54) is 0 Å². The third-order valence-electron chi connectivity index (χ3n) is 4.57. The summed E-state index contributed by atoms with van der Waals surface area (Å²) in [5.74, 6) is 0.0893. The van der Waals surface area contributed by atoms with Gasteiger partial charge >= 0.3 is 0 Å². The first kappa shape index (κ1) is 16.8. The van der Waals surface area contributed by atoms with Gasteiger partial charge in [-0.1, -0.05) is 37.1 Å². The van der Waals surface area contributed by atoms with Gasteiger partial charge in [-0.15, -0.1) is 0 Å². The smallest absolute Gasteiger partial charge is 0.263 e. The van der Waals surface area contributed by atoms with Crippen molar-refractivity contribution in [2.24, 2.45) is 5.92 Å². The molecule has 0 aromatic heterocycles. The van der Waals surface area contributed by atoms with Crippen molar-refractivity contribution in [1.82, 2.24) is 5.32 Å². The van der Waals surface area contributed by atoms with E-state index >= 15 is 0 Å². The van der Waals surface area contributed by atoms with Crippen LogP contribution in [0.15, 0.2) is 34.9 Å². The number of hydrogen-bond acceptors (Lipinski definition) is 4. The van der Waals surface area contributed by atoms with Gasteiger partial charge in [0.25, 0.3) is 5.91 Å². The van der Waals surface area contributed by atoms with Gasteiger partial charge in [-0.2, -0.15) is 5.26 Å². The zero-order valence-corrected chi connectivity index (χ0v) is 14.2. The van der Waals surface area contributed by atoms with E-state index in [1.807, 2.05) is 30.3 Å². The molecule has 1 aromatic rings. The van der Waals surface area contributed by atoms with Crippen molar-refractivity contribution in [3.63, 3.8) is 0 Å². The summed E-state index contributed by atoms with van der Waals surface area (Å²) < 4.78 is 11.3. The Morgan fingerprint density at radius 1 is 1.46 bits per heavy atom. The Morgan fingerprint density at radius 2 is 2.21 bits per heavy atom. The van der Waals surface area contributed by atoms with Gasteiger partial charge < -0.3 is 14.8 Å². The van der Waals surface area contributed by atoms with Crippen molar-refractivity contribution in [2.75, 3.05) is 19.8 Å². The third kappa shape index (κ3) is 2.77. The fourth-order valence-corrected chi connectivity index (χ4v) is 3.56. The van der Waals surface area contributed by atoms with Gasteiger partial charge in [0.2, 0.25) is 0 Å². The summed E-state index contributed by atoms with van der Waals surface area (Å²) in [6.07, 6.45) is 2.09.